The monoisotopic (exact) mass is 301 g/mol. The van der Waals surface area contributed by atoms with E-state index in [1.54, 1.807) is 16.9 Å². The average molecular weight is 301 g/mol. The summed E-state index contributed by atoms with van der Waals surface area (Å²) in [4.78, 5) is 12.0. The molecule has 8 heteroatoms. The fourth-order valence-corrected chi connectivity index (χ4v) is 2.52. The molecule has 1 N–H and O–H groups in total. The minimum absolute atomic E-state index is 0.171. The number of carbonyl (C=O) groups excluding carboxylic acids is 1. The molecule has 3 aromatic heterocycles. The number of hydrogen-bond donors (Lipinski definition) is 1. The van der Waals surface area contributed by atoms with Crippen LogP contribution in [0.1, 0.15) is 21.9 Å². The van der Waals surface area contributed by atoms with Crippen LogP contribution in [0, 0.1) is 13.8 Å². The van der Waals surface area contributed by atoms with Crippen LogP contribution in [0.15, 0.2) is 12.3 Å². The zero-order chi connectivity index (χ0) is 15.9. The summed E-state index contributed by atoms with van der Waals surface area (Å²) >= 11 is 0. The third-order valence-corrected chi connectivity index (χ3v) is 3.77. The van der Waals surface area contributed by atoms with Gasteiger partial charge in [0, 0.05) is 26.3 Å². The van der Waals surface area contributed by atoms with Gasteiger partial charge in [-0.25, -0.2) is 0 Å². The molecule has 0 fully saturated rings. The van der Waals surface area contributed by atoms with Gasteiger partial charge in [0.05, 0.1) is 18.4 Å². The number of aryl methyl sites for hydroxylation is 4. The molecule has 1 amide bonds. The standard InChI is InChI=1S/C14H19N7O/c1-9-7-11(18-19(9)3)14(22)15-5-6-21-13-10(2)17-20(4)12(13)8-16-21/h7-8H,5-6H2,1-4H3,(H,15,22). The molecule has 8 nitrogen and oxygen atoms in total. The van der Waals surface area contributed by atoms with Crippen molar-refractivity contribution in [3.8, 4) is 0 Å². The number of nitrogens with zero attached hydrogens (tertiary/aromatic N) is 6. The molecule has 0 atom stereocenters. The minimum Gasteiger partial charge on any atom is -0.349 e. The third-order valence-electron chi connectivity index (χ3n) is 3.77. The predicted molar refractivity (Wildman–Crippen MR) is 81.5 cm³/mol. The second-order valence-electron chi connectivity index (χ2n) is 5.36. The van der Waals surface area contributed by atoms with Crippen LogP contribution in [0.5, 0.6) is 0 Å². The molecule has 3 aromatic rings. The summed E-state index contributed by atoms with van der Waals surface area (Å²) in [7, 11) is 3.71. The summed E-state index contributed by atoms with van der Waals surface area (Å²) in [5.74, 6) is -0.171. The van der Waals surface area contributed by atoms with E-state index in [0.717, 1.165) is 22.4 Å². The summed E-state index contributed by atoms with van der Waals surface area (Å²) in [6.07, 6.45) is 1.79. The van der Waals surface area contributed by atoms with Crippen molar-refractivity contribution in [1.29, 1.82) is 0 Å². The maximum absolute atomic E-state index is 12.0. The summed E-state index contributed by atoms with van der Waals surface area (Å²) in [6, 6.07) is 1.77. The first kappa shape index (κ1) is 14.3. The van der Waals surface area contributed by atoms with E-state index in [4.69, 9.17) is 0 Å². The van der Waals surface area contributed by atoms with Crippen molar-refractivity contribution in [2.75, 3.05) is 6.54 Å². The average Bonchev–Trinajstić information content (AvgIpc) is 3.10. The second kappa shape index (κ2) is 5.28. The number of carbonyl (C=O) groups is 1. The van der Waals surface area contributed by atoms with E-state index in [2.05, 4.69) is 20.6 Å². The number of hydrogen-bond acceptors (Lipinski definition) is 4. The predicted octanol–water partition coefficient (Wildman–Crippen LogP) is 0.550. The molecule has 0 aromatic carbocycles. The molecule has 0 saturated carbocycles. The Morgan fingerprint density at radius 1 is 1.23 bits per heavy atom. The van der Waals surface area contributed by atoms with Crippen LogP contribution in [0.25, 0.3) is 11.0 Å². The van der Waals surface area contributed by atoms with E-state index in [1.165, 1.54) is 0 Å². The Hall–Kier alpha value is -2.64. The van der Waals surface area contributed by atoms with Gasteiger partial charge in [-0.3, -0.25) is 18.8 Å². The lowest BCUT2D eigenvalue weighted by Gasteiger charge is -2.04. The first-order valence-corrected chi connectivity index (χ1v) is 7.11. The lowest BCUT2D eigenvalue weighted by Crippen LogP contribution is -2.28. The fraction of sp³-hybridized carbons (Fsp3) is 0.429. The van der Waals surface area contributed by atoms with Crippen molar-refractivity contribution < 1.29 is 4.79 Å². The molecule has 0 bridgehead atoms. The van der Waals surface area contributed by atoms with Crippen LogP contribution in [0.3, 0.4) is 0 Å². The highest BCUT2D eigenvalue weighted by Gasteiger charge is 2.13. The molecular weight excluding hydrogens is 282 g/mol. The van der Waals surface area contributed by atoms with Crippen LogP contribution in [-0.4, -0.2) is 41.8 Å². The van der Waals surface area contributed by atoms with Crippen LogP contribution in [0.2, 0.25) is 0 Å². The highest BCUT2D eigenvalue weighted by atomic mass is 16.1. The third kappa shape index (κ3) is 2.36. The van der Waals surface area contributed by atoms with Crippen LogP contribution in [-0.2, 0) is 20.6 Å². The Kier molecular flexibility index (Phi) is 3.44. The molecule has 0 aliphatic carbocycles. The molecule has 0 spiro atoms. The van der Waals surface area contributed by atoms with Gasteiger partial charge < -0.3 is 5.32 Å². The largest absolute Gasteiger partial charge is 0.349 e. The smallest absolute Gasteiger partial charge is 0.271 e. The van der Waals surface area contributed by atoms with Crippen molar-refractivity contribution in [2.24, 2.45) is 14.1 Å². The molecule has 3 rings (SSSR count). The van der Waals surface area contributed by atoms with Gasteiger partial charge in [-0.05, 0) is 19.9 Å². The molecule has 116 valence electrons. The first-order chi connectivity index (χ1) is 10.5. The number of rotatable bonds is 4. The van der Waals surface area contributed by atoms with Gasteiger partial charge in [-0.2, -0.15) is 15.3 Å². The number of aromatic nitrogens is 6. The quantitative estimate of drug-likeness (QED) is 0.763. The zero-order valence-electron chi connectivity index (χ0n) is 13.2. The van der Waals surface area contributed by atoms with E-state index < -0.39 is 0 Å². The van der Waals surface area contributed by atoms with Gasteiger partial charge in [-0.1, -0.05) is 0 Å². The molecule has 0 aliphatic rings. The molecule has 0 saturated heterocycles. The summed E-state index contributed by atoms with van der Waals surface area (Å²) in [6.45, 7) is 4.94. The summed E-state index contributed by atoms with van der Waals surface area (Å²) in [5, 5.41) is 15.7. The van der Waals surface area contributed by atoms with E-state index in [0.29, 0.717) is 18.8 Å². The SMILES string of the molecule is Cc1nn(C)c2cnn(CCNC(=O)c3cc(C)n(C)n3)c12. The normalized spacial score (nSPS) is 11.3. The van der Waals surface area contributed by atoms with E-state index in [9.17, 15) is 4.79 Å². The Morgan fingerprint density at radius 2 is 2.00 bits per heavy atom. The van der Waals surface area contributed by atoms with Crippen molar-refractivity contribution in [1.82, 2.24) is 34.7 Å². The topological polar surface area (TPSA) is 82.6 Å². The highest BCUT2D eigenvalue weighted by molar-refractivity contribution is 5.92. The lowest BCUT2D eigenvalue weighted by atomic mass is 10.3. The lowest BCUT2D eigenvalue weighted by molar-refractivity contribution is 0.0946. The molecule has 0 aliphatic heterocycles. The number of nitrogens with one attached hydrogen (secondary N) is 1. The fourth-order valence-electron chi connectivity index (χ4n) is 2.52. The maximum atomic E-state index is 12.0. The molecule has 0 unspecified atom stereocenters. The summed E-state index contributed by atoms with van der Waals surface area (Å²) < 4.78 is 5.36. The van der Waals surface area contributed by atoms with Crippen LogP contribution in [0.4, 0.5) is 0 Å². The van der Waals surface area contributed by atoms with Gasteiger partial charge in [0.2, 0.25) is 0 Å². The van der Waals surface area contributed by atoms with E-state index in [-0.39, 0.29) is 5.91 Å². The highest BCUT2D eigenvalue weighted by Crippen LogP contribution is 2.16. The van der Waals surface area contributed by atoms with Gasteiger partial charge in [0.25, 0.3) is 5.91 Å². The Morgan fingerprint density at radius 3 is 2.68 bits per heavy atom. The minimum atomic E-state index is -0.171. The first-order valence-electron chi connectivity index (χ1n) is 7.11. The molecule has 3 heterocycles. The zero-order valence-corrected chi connectivity index (χ0v) is 13.2. The van der Waals surface area contributed by atoms with Gasteiger partial charge in [-0.15, -0.1) is 0 Å². The van der Waals surface area contributed by atoms with E-state index in [1.807, 2.05) is 37.3 Å². The Labute approximate surface area is 127 Å². The van der Waals surface area contributed by atoms with Crippen molar-refractivity contribution in [2.45, 2.75) is 20.4 Å². The number of fused-ring (bicyclic) bond motifs is 1. The van der Waals surface area contributed by atoms with Crippen LogP contribution >= 0.6 is 0 Å². The van der Waals surface area contributed by atoms with Crippen molar-refractivity contribution in [3.05, 3.63) is 29.3 Å². The molecular formula is C14H19N7O. The summed E-state index contributed by atoms with van der Waals surface area (Å²) in [5.41, 5.74) is 4.31. The maximum Gasteiger partial charge on any atom is 0.271 e. The molecule has 22 heavy (non-hydrogen) atoms. The van der Waals surface area contributed by atoms with Crippen LogP contribution < -0.4 is 5.32 Å². The van der Waals surface area contributed by atoms with Crippen molar-refractivity contribution >= 4 is 16.9 Å². The van der Waals surface area contributed by atoms with Crippen molar-refractivity contribution in [3.63, 3.8) is 0 Å². The molecule has 0 radical (unpaired) electrons. The Balaban J connectivity index is 1.66. The van der Waals surface area contributed by atoms with Gasteiger partial charge in [0.1, 0.15) is 16.7 Å². The van der Waals surface area contributed by atoms with E-state index >= 15 is 0 Å². The Bertz CT molecular complexity index is 819. The van der Waals surface area contributed by atoms with Gasteiger partial charge >= 0.3 is 0 Å². The number of amides is 1. The second-order valence-corrected chi connectivity index (χ2v) is 5.36. The van der Waals surface area contributed by atoms with Gasteiger partial charge in [0.15, 0.2) is 0 Å².